The average molecular weight is 286 g/mol. The van der Waals surface area contributed by atoms with Crippen molar-refractivity contribution in [3.63, 3.8) is 0 Å². The minimum Gasteiger partial charge on any atom is -0.506 e. The van der Waals surface area contributed by atoms with Gasteiger partial charge >= 0.3 is 0 Å². The van der Waals surface area contributed by atoms with Crippen LogP contribution in [-0.4, -0.2) is 44.3 Å². The lowest BCUT2D eigenvalue weighted by Crippen LogP contribution is -2.39. The predicted molar refractivity (Wildman–Crippen MR) is 75.7 cm³/mol. The molecule has 1 N–H and O–H groups in total. The van der Waals surface area contributed by atoms with Crippen LogP contribution in [0.25, 0.3) is 11.5 Å². The number of rotatable bonds is 2. The molecule has 2 fully saturated rings. The molecule has 110 valence electrons. The fourth-order valence-corrected chi connectivity index (χ4v) is 3.69. The zero-order valence-corrected chi connectivity index (χ0v) is 11.9. The Morgan fingerprint density at radius 1 is 1.24 bits per heavy atom. The minimum atomic E-state index is 0.101. The van der Waals surface area contributed by atoms with E-state index in [1.54, 1.807) is 12.3 Å². The van der Waals surface area contributed by atoms with E-state index in [-0.39, 0.29) is 5.75 Å². The van der Waals surface area contributed by atoms with Crippen molar-refractivity contribution in [1.29, 1.82) is 0 Å². The molecule has 21 heavy (non-hydrogen) atoms. The molecule has 0 radical (unpaired) electrons. The summed E-state index contributed by atoms with van der Waals surface area (Å²) in [6.07, 6.45) is 7.76. The van der Waals surface area contributed by atoms with E-state index in [9.17, 15) is 5.11 Å². The SMILES string of the molecule is CN1C2CCC1CC(c1noc(-c3cncc(O)c3)n1)C2. The van der Waals surface area contributed by atoms with Crippen LogP contribution in [-0.2, 0) is 0 Å². The number of nitrogens with zero attached hydrogens (tertiary/aromatic N) is 4. The Morgan fingerprint density at radius 2 is 2.00 bits per heavy atom. The molecule has 2 aromatic rings. The van der Waals surface area contributed by atoms with Crippen LogP contribution in [0.4, 0.5) is 0 Å². The second-order valence-corrected chi connectivity index (χ2v) is 6.11. The van der Waals surface area contributed by atoms with Crippen molar-refractivity contribution in [3.05, 3.63) is 24.3 Å². The predicted octanol–water partition coefficient (Wildman–Crippen LogP) is 2.18. The average Bonchev–Trinajstić information content (AvgIpc) is 3.02. The highest BCUT2D eigenvalue weighted by Gasteiger charge is 2.40. The van der Waals surface area contributed by atoms with E-state index in [4.69, 9.17) is 4.52 Å². The molecule has 6 nitrogen and oxygen atoms in total. The highest BCUT2D eigenvalue weighted by atomic mass is 16.5. The zero-order valence-electron chi connectivity index (χ0n) is 11.9. The highest BCUT2D eigenvalue weighted by Crippen LogP contribution is 2.41. The van der Waals surface area contributed by atoms with Crippen LogP contribution >= 0.6 is 0 Å². The van der Waals surface area contributed by atoms with Gasteiger partial charge in [-0.1, -0.05) is 5.16 Å². The number of fused-ring (bicyclic) bond motifs is 2. The maximum atomic E-state index is 9.48. The smallest absolute Gasteiger partial charge is 0.259 e. The van der Waals surface area contributed by atoms with Crippen LogP contribution in [0.5, 0.6) is 5.75 Å². The Bertz CT molecular complexity index is 643. The normalized spacial score (nSPS) is 28.9. The van der Waals surface area contributed by atoms with Crippen molar-refractivity contribution in [3.8, 4) is 17.2 Å². The summed E-state index contributed by atoms with van der Waals surface area (Å²) >= 11 is 0. The van der Waals surface area contributed by atoms with Crippen molar-refractivity contribution < 1.29 is 9.63 Å². The fourth-order valence-electron chi connectivity index (χ4n) is 3.69. The Kier molecular flexibility index (Phi) is 2.92. The number of pyridine rings is 1. The van der Waals surface area contributed by atoms with Crippen LogP contribution in [0, 0.1) is 0 Å². The molecule has 0 aromatic carbocycles. The third-order valence-corrected chi connectivity index (χ3v) is 4.88. The van der Waals surface area contributed by atoms with Crippen LogP contribution in [0.15, 0.2) is 23.0 Å². The Hall–Kier alpha value is -1.95. The summed E-state index contributed by atoms with van der Waals surface area (Å²) in [4.78, 5) is 11.0. The van der Waals surface area contributed by atoms with Gasteiger partial charge in [0.15, 0.2) is 5.82 Å². The van der Waals surface area contributed by atoms with Crippen molar-refractivity contribution in [2.24, 2.45) is 0 Å². The molecule has 2 unspecified atom stereocenters. The summed E-state index contributed by atoms with van der Waals surface area (Å²) in [5.41, 5.74) is 0.657. The molecule has 4 heterocycles. The molecule has 2 bridgehead atoms. The molecule has 2 saturated heterocycles. The van der Waals surface area contributed by atoms with E-state index in [1.807, 2.05) is 0 Å². The summed E-state index contributed by atoms with van der Waals surface area (Å²) in [6, 6.07) is 2.89. The number of hydrogen-bond donors (Lipinski definition) is 1. The molecule has 2 atom stereocenters. The lowest BCUT2D eigenvalue weighted by atomic mass is 9.90. The molecule has 6 heteroatoms. The van der Waals surface area contributed by atoms with Gasteiger partial charge in [-0.15, -0.1) is 0 Å². The van der Waals surface area contributed by atoms with Gasteiger partial charge in [0.25, 0.3) is 5.89 Å². The monoisotopic (exact) mass is 286 g/mol. The van der Waals surface area contributed by atoms with E-state index in [0.29, 0.717) is 29.5 Å². The highest BCUT2D eigenvalue weighted by molar-refractivity contribution is 5.53. The van der Waals surface area contributed by atoms with Gasteiger partial charge in [-0.2, -0.15) is 4.98 Å². The molecule has 0 aliphatic carbocycles. The zero-order chi connectivity index (χ0) is 14.4. The first-order valence-electron chi connectivity index (χ1n) is 7.40. The molecular formula is C15H18N4O2. The maximum absolute atomic E-state index is 9.48. The van der Waals surface area contributed by atoms with Gasteiger partial charge < -0.3 is 14.5 Å². The topological polar surface area (TPSA) is 75.3 Å². The van der Waals surface area contributed by atoms with E-state index in [2.05, 4.69) is 27.1 Å². The molecule has 0 saturated carbocycles. The third-order valence-electron chi connectivity index (χ3n) is 4.88. The Labute approximate surface area is 122 Å². The van der Waals surface area contributed by atoms with Crippen LogP contribution < -0.4 is 0 Å². The lowest BCUT2D eigenvalue weighted by molar-refractivity contribution is 0.157. The summed E-state index contributed by atoms with van der Waals surface area (Å²) in [5.74, 6) is 1.70. The first-order chi connectivity index (χ1) is 10.2. The van der Waals surface area contributed by atoms with Crippen LogP contribution in [0.1, 0.15) is 37.4 Å². The van der Waals surface area contributed by atoms with E-state index in [0.717, 1.165) is 18.7 Å². The van der Waals surface area contributed by atoms with E-state index >= 15 is 0 Å². The summed E-state index contributed by atoms with van der Waals surface area (Å²) in [5, 5.41) is 13.6. The van der Waals surface area contributed by atoms with Gasteiger partial charge in [-0.05, 0) is 38.8 Å². The molecule has 0 amide bonds. The number of hydrogen-bond acceptors (Lipinski definition) is 6. The number of aromatic nitrogens is 3. The van der Waals surface area contributed by atoms with Gasteiger partial charge in [0, 0.05) is 24.2 Å². The van der Waals surface area contributed by atoms with E-state index in [1.165, 1.54) is 19.0 Å². The summed E-state index contributed by atoms with van der Waals surface area (Å²) in [6.45, 7) is 0. The molecule has 2 aliphatic heterocycles. The maximum Gasteiger partial charge on any atom is 0.259 e. The van der Waals surface area contributed by atoms with Gasteiger partial charge in [0.05, 0.1) is 11.8 Å². The lowest BCUT2D eigenvalue weighted by Gasteiger charge is -2.34. The summed E-state index contributed by atoms with van der Waals surface area (Å²) in [7, 11) is 2.22. The third kappa shape index (κ3) is 2.19. The van der Waals surface area contributed by atoms with Crippen molar-refractivity contribution in [2.75, 3.05) is 7.05 Å². The van der Waals surface area contributed by atoms with Crippen LogP contribution in [0.2, 0.25) is 0 Å². The Morgan fingerprint density at radius 3 is 2.71 bits per heavy atom. The molecular weight excluding hydrogens is 268 g/mol. The number of aromatic hydroxyl groups is 1. The minimum absolute atomic E-state index is 0.101. The Balaban J connectivity index is 1.58. The van der Waals surface area contributed by atoms with E-state index < -0.39 is 0 Å². The molecule has 0 spiro atoms. The largest absolute Gasteiger partial charge is 0.506 e. The van der Waals surface area contributed by atoms with Gasteiger partial charge in [0.2, 0.25) is 0 Å². The molecule has 2 aromatic heterocycles. The molecule has 2 aliphatic rings. The van der Waals surface area contributed by atoms with Gasteiger partial charge in [0.1, 0.15) is 5.75 Å². The standard InChI is InChI=1S/C15H18N4O2/c1-19-11-2-3-12(19)5-9(4-11)14-17-15(21-18-14)10-6-13(20)8-16-7-10/h6-9,11-12,20H,2-5H2,1H3. The quantitative estimate of drug-likeness (QED) is 0.912. The second kappa shape index (κ2) is 4.80. The summed E-state index contributed by atoms with van der Waals surface area (Å²) < 4.78 is 5.35. The van der Waals surface area contributed by atoms with Gasteiger partial charge in [-0.25, -0.2) is 0 Å². The second-order valence-electron chi connectivity index (χ2n) is 6.11. The number of piperidine rings is 1. The van der Waals surface area contributed by atoms with Crippen molar-refractivity contribution in [1.82, 2.24) is 20.0 Å². The van der Waals surface area contributed by atoms with Crippen LogP contribution in [0.3, 0.4) is 0 Å². The first-order valence-corrected chi connectivity index (χ1v) is 7.40. The van der Waals surface area contributed by atoms with Gasteiger partial charge in [-0.3, -0.25) is 4.98 Å². The van der Waals surface area contributed by atoms with Crippen molar-refractivity contribution >= 4 is 0 Å². The van der Waals surface area contributed by atoms with Crippen molar-refractivity contribution in [2.45, 2.75) is 43.7 Å². The molecule has 4 rings (SSSR count). The first kappa shape index (κ1) is 12.8. The fraction of sp³-hybridized carbons (Fsp3) is 0.533.